The number of hydrogen-bond donors (Lipinski definition) is 1. The summed E-state index contributed by atoms with van der Waals surface area (Å²) in [5.74, 6) is -1.37. The van der Waals surface area contributed by atoms with Crippen molar-refractivity contribution < 1.29 is 13.3 Å². The molecule has 3 aromatic rings. The molecule has 0 radical (unpaired) electrons. The Morgan fingerprint density at radius 1 is 0.950 bits per heavy atom. The van der Waals surface area contributed by atoms with Gasteiger partial charge in [0.05, 0.1) is 0 Å². The van der Waals surface area contributed by atoms with Crippen LogP contribution in [0.3, 0.4) is 0 Å². The van der Waals surface area contributed by atoms with Gasteiger partial charge in [-0.3, -0.25) is 0 Å². The van der Waals surface area contributed by atoms with Crippen LogP contribution >= 0.6 is 0 Å². The van der Waals surface area contributed by atoms with E-state index in [1.807, 2.05) is 0 Å². The molecule has 0 aliphatic rings. The molecule has 1 heterocycles. The summed E-state index contributed by atoms with van der Waals surface area (Å²) in [6.45, 7) is 0. The van der Waals surface area contributed by atoms with Crippen LogP contribution in [0.5, 0.6) is 0 Å². The van der Waals surface area contributed by atoms with Crippen molar-refractivity contribution in [3.8, 4) is 22.5 Å². The molecule has 20 heavy (non-hydrogen) atoms. The summed E-state index contributed by atoms with van der Waals surface area (Å²) in [5.41, 5.74) is 6.59. The van der Waals surface area contributed by atoms with Gasteiger partial charge in [-0.05, 0) is 17.7 Å². The van der Waals surface area contributed by atoms with Crippen molar-refractivity contribution in [2.45, 2.75) is 0 Å². The van der Waals surface area contributed by atoms with Gasteiger partial charge in [0.1, 0.15) is 0 Å². The van der Waals surface area contributed by atoms with Crippen molar-refractivity contribution in [1.29, 1.82) is 0 Å². The van der Waals surface area contributed by atoms with Gasteiger partial charge in [-0.2, -0.15) is 0 Å². The summed E-state index contributed by atoms with van der Waals surface area (Å²) in [6, 6.07) is 12.7. The SMILES string of the molecule is Nc1cc(-c2cc(F)c(F)c(-c3ccccc3)c2)on1. The second-order valence-corrected chi connectivity index (χ2v) is 4.30. The van der Waals surface area contributed by atoms with Crippen LogP contribution in [0.4, 0.5) is 14.6 Å². The van der Waals surface area contributed by atoms with E-state index in [9.17, 15) is 8.78 Å². The van der Waals surface area contributed by atoms with Gasteiger partial charge < -0.3 is 10.3 Å². The molecule has 100 valence electrons. The van der Waals surface area contributed by atoms with Crippen molar-refractivity contribution in [3.63, 3.8) is 0 Å². The maximum atomic E-state index is 13.9. The summed E-state index contributed by atoms with van der Waals surface area (Å²) >= 11 is 0. The van der Waals surface area contributed by atoms with Crippen LogP contribution in [-0.4, -0.2) is 5.16 Å². The van der Waals surface area contributed by atoms with Crippen molar-refractivity contribution in [3.05, 3.63) is 60.2 Å². The Balaban J connectivity index is 2.18. The Labute approximate surface area is 113 Å². The van der Waals surface area contributed by atoms with E-state index in [-0.39, 0.29) is 11.4 Å². The first kappa shape index (κ1) is 12.3. The first-order valence-electron chi connectivity index (χ1n) is 5.92. The number of anilines is 1. The van der Waals surface area contributed by atoms with Crippen LogP contribution in [0.25, 0.3) is 22.5 Å². The standard InChI is InChI=1S/C15H10F2N2O/c16-12-7-10(13-8-14(18)19-20-13)6-11(15(12)17)9-4-2-1-3-5-9/h1-8H,(H2,18,19). The molecule has 3 nitrogen and oxygen atoms in total. The molecule has 0 aliphatic carbocycles. The van der Waals surface area contributed by atoms with Crippen LogP contribution in [0.2, 0.25) is 0 Å². The van der Waals surface area contributed by atoms with E-state index < -0.39 is 11.6 Å². The summed E-state index contributed by atoms with van der Waals surface area (Å²) in [5, 5.41) is 3.53. The van der Waals surface area contributed by atoms with Crippen molar-refractivity contribution in [1.82, 2.24) is 5.16 Å². The lowest BCUT2D eigenvalue weighted by molar-refractivity contribution is 0.435. The maximum absolute atomic E-state index is 13.9. The zero-order valence-corrected chi connectivity index (χ0v) is 10.3. The number of nitrogen functional groups attached to an aromatic ring is 1. The number of benzene rings is 2. The van der Waals surface area contributed by atoms with Gasteiger partial charge in [0.25, 0.3) is 0 Å². The smallest absolute Gasteiger partial charge is 0.169 e. The monoisotopic (exact) mass is 272 g/mol. The molecule has 0 fully saturated rings. The van der Waals surface area contributed by atoms with Gasteiger partial charge >= 0.3 is 0 Å². The molecule has 0 atom stereocenters. The van der Waals surface area contributed by atoms with Crippen molar-refractivity contribution >= 4 is 5.82 Å². The summed E-state index contributed by atoms with van der Waals surface area (Å²) < 4.78 is 32.7. The van der Waals surface area contributed by atoms with E-state index in [4.69, 9.17) is 10.3 Å². The zero-order valence-electron chi connectivity index (χ0n) is 10.3. The number of aromatic nitrogens is 1. The van der Waals surface area contributed by atoms with Crippen molar-refractivity contribution in [2.24, 2.45) is 0 Å². The third-order valence-electron chi connectivity index (χ3n) is 2.93. The first-order chi connectivity index (χ1) is 9.65. The molecule has 0 amide bonds. The van der Waals surface area contributed by atoms with Crippen LogP contribution in [0, 0.1) is 11.6 Å². The van der Waals surface area contributed by atoms with Crippen LogP contribution in [0.1, 0.15) is 0 Å². The summed E-state index contributed by atoms with van der Waals surface area (Å²) in [6.07, 6.45) is 0. The van der Waals surface area contributed by atoms with Crippen molar-refractivity contribution in [2.75, 3.05) is 5.73 Å². The number of halogens is 2. The highest BCUT2D eigenvalue weighted by Crippen LogP contribution is 2.31. The van der Waals surface area contributed by atoms with Crippen LogP contribution in [-0.2, 0) is 0 Å². The molecule has 3 rings (SSSR count). The van der Waals surface area contributed by atoms with E-state index in [0.717, 1.165) is 6.07 Å². The highest BCUT2D eigenvalue weighted by Gasteiger charge is 2.15. The highest BCUT2D eigenvalue weighted by atomic mass is 19.2. The summed E-state index contributed by atoms with van der Waals surface area (Å²) in [4.78, 5) is 0. The Hall–Kier alpha value is -2.69. The fourth-order valence-corrected chi connectivity index (χ4v) is 1.98. The van der Waals surface area contributed by atoms with Gasteiger partial charge in [-0.1, -0.05) is 35.5 Å². The molecule has 0 spiro atoms. The molecule has 2 N–H and O–H groups in total. The molecule has 5 heteroatoms. The Morgan fingerprint density at radius 2 is 1.70 bits per heavy atom. The van der Waals surface area contributed by atoms with Gasteiger partial charge in [0.2, 0.25) is 0 Å². The lowest BCUT2D eigenvalue weighted by atomic mass is 10.0. The fraction of sp³-hybridized carbons (Fsp3) is 0. The van der Waals surface area contributed by atoms with Crippen LogP contribution in [0.15, 0.2) is 53.1 Å². The first-order valence-corrected chi connectivity index (χ1v) is 5.92. The minimum atomic E-state index is -0.948. The maximum Gasteiger partial charge on any atom is 0.169 e. The summed E-state index contributed by atoms with van der Waals surface area (Å²) in [7, 11) is 0. The molecule has 2 aromatic carbocycles. The molecule has 0 unspecified atom stereocenters. The lowest BCUT2D eigenvalue weighted by Crippen LogP contribution is -1.91. The average Bonchev–Trinajstić information content (AvgIpc) is 2.89. The number of rotatable bonds is 2. The number of hydrogen-bond acceptors (Lipinski definition) is 3. The van der Waals surface area contributed by atoms with E-state index in [1.165, 1.54) is 12.1 Å². The third-order valence-corrected chi connectivity index (χ3v) is 2.93. The molecule has 0 saturated heterocycles. The van der Waals surface area contributed by atoms with Gasteiger partial charge in [0.15, 0.2) is 23.2 Å². The Kier molecular flexibility index (Phi) is 2.95. The van der Waals surface area contributed by atoms with E-state index in [1.54, 1.807) is 30.3 Å². The van der Waals surface area contributed by atoms with Crippen LogP contribution < -0.4 is 5.73 Å². The third kappa shape index (κ3) is 2.14. The van der Waals surface area contributed by atoms with E-state index in [2.05, 4.69) is 5.16 Å². The largest absolute Gasteiger partial charge is 0.381 e. The quantitative estimate of drug-likeness (QED) is 0.770. The normalized spacial score (nSPS) is 10.7. The molecule has 0 bridgehead atoms. The predicted molar refractivity (Wildman–Crippen MR) is 71.7 cm³/mol. The molecular weight excluding hydrogens is 262 g/mol. The molecule has 1 aromatic heterocycles. The van der Waals surface area contributed by atoms with Gasteiger partial charge in [-0.15, -0.1) is 0 Å². The zero-order chi connectivity index (χ0) is 14.1. The predicted octanol–water partition coefficient (Wildman–Crippen LogP) is 3.87. The second-order valence-electron chi connectivity index (χ2n) is 4.30. The topological polar surface area (TPSA) is 52.0 Å². The average molecular weight is 272 g/mol. The number of nitrogens with zero attached hydrogens (tertiary/aromatic N) is 1. The highest BCUT2D eigenvalue weighted by molar-refractivity contribution is 5.72. The molecular formula is C15H10F2N2O. The lowest BCUT2D eigenvalue weighted by Gasteiger charge is -2.06. The van der Waals surface area contributed by atoms with E-state index >= 15 is 0 Å². The Morgan fingerprint density at radius 3 is 2.35 bits per heavy atom. The van der Waals surface area contributed by atoms with Gasteiger partial charge in [-0.25, -0.2) is 8.78 Å². The minimum absolute atomic E-state index is 0.163. The minimum Gasteiger partial charge on any atom is -0.381 e. The second kappa shape index (κ2) is 4.77. The number of nitrogens with two attached hydrogens (primary N) is 1. The molecule has 0 saturated carbocycles. The Bertz CT molecular complexity index is 754. The fourth-order valence-electron chi connectivity index (χ4n) is 1.98. The van der Waals surface area contributed by atoms with E-state index in [0.29, 0.717) is 16.9 Å². The molecule has 0 aliphatic heterocycles. The van der Waals surface area contributed by atoms with Gasteiger partial charge in [0, 0.05) is 17.2 Å².